The molecule has 0 radical (unpaired) electrons. The molecule has 0 atom stereocenters. The fraction of sp³-hybridized carbons (Fsp3) is 0.100. The van der Waals surface area contributed by atoms with Crippen LogP contribution in [0.1, 0.15) is 0 Å². The Hall–Kier alpha value is -3.14. The number of rotatable bonds is 3. The Morgan fingerprint density at radius 3 is 2.17 bits per heavy atom. The Bertz CT molecular complexity index is 1030. The number of nitrogens with zero attached hydrogens (tertiary/aromatic N) is 3. The van der Waals surface area contributed by atoms with Gasteiger partial charge in [0, 0.05) is 30.6 Å². The molecule has 0 aliphatic heterocycles. The van der Waals surface area contributed by atoms with Crippen molar-refractivity contribution in [3.8, 4) is 0 Å². The van der Waals surface area contributed by atoms with Gasteiger partial charge in [-0.2, -0.15) is 10.2 Å². The minimum absolute atomic E-state index is 0.811. The standard InChI is InChI=1S/C20H17N3O/c1-23(2)16-10-7-14(8-11-16)21-22-15-9-12-20-18(13-15)17-5-3-4-6-19(17)24-20/h3-13H,1-2H3. The fourth-order valence-corrected chi connectivity index (χ4v) is 2.71. The van der Waals surface area contributed by atoms with E-state index in [2.05, 4.69) is 21.2 Å². The molecule has 0 aliphatic carbocycles. The first-order valence-corrected chi connectivity index (χ1v) is 7.81. The highest BCUT2D eigenvalue weighted by atomic mass is 16.3. The van der Waals surface area contributed by atoms with Crippen LogP contribution in [0, 0.1) is 0 Å². The van der Waals surface area contributed by atoms with E-state index in [1.165, 1.54) is 0 Å². The minimum Gasteiger partial charge on any atom is -0.456 e. The smallest absolute Gasteiger partial charge is 0.135 e. The van der Waals surface area contributed by atoms with Gasteiger partial charge >= 0.3 is 0 Å². The molecule has 4 nitrogen and oxygen atoms in total. The maximum atomic E-state index is 5.83. The van der Waals surface area contributed by atoms with Gasteiger partial charge < -0.3 is 9.32 Å². The van der Waals surface area contributed by atoms with Gasteiger partial charge in [-0.05, 0) is 48.5 Å². The van der Waals surface area contributed by atoms with Gasteiger partial charge in [0.05, 0.1) is 11.4 Å². The summed E-state index contributed by atoms with van der Waals surface area (Å²) < 4.78 is 5.83. The van der Waals surface area contributed by atoms with Crippen molar-refractivity contribution in [2.24, 2.45) is 10.2 Å². The molecule has 0 N–H and O–H groups in total. The maximum Gasteiger partial charge on any atom is 0.135 e. The molecule has 1 heterocycles. The summed E-state index contributed by atoms with van der Waals surface area (Å²) in [5.41, 5.74) is 4.54. The normalized spacial score (nSPS) is 11.6. The molecular weight excluding hydrogens is 298 g/mol. The van der Waals surface area contributed by atoms with Crippen molar-refractivity contribution in [1.29, 1.82) is 0 Å². The van der Waals surface area contributed by atoms with Gasteiger partial charge in [0.25, 0.3) is 0 Å². The molecule has 0 spiro atoms. The Morgan fingerprint density at radius 2 is 1.38 bits per heavy atom. The number of azo groups is 1. The largest absolute Gasteiger partial charge is 0.456 e. The van der Waals surface area contributed by atoms with Crippen LogP contribution in [0.2, 0.25) is 0 Å². The highest BCUT2D eigenvalue weighted by Crippen LogP contribution is 2.32. The van der Waals surface area contributed by atoms with Gasteiger partial charge in [0.15, 0.2) is 0 Å². The summed E-state index contributed by atoms with van der Waals surface area (Å²) in [6.07, 6.45) is 0. The SMILES string of the molecule is CN(C)c1ccc(N=Nc2ccc3oc4ccccc4c3c2)cc1. The first-order valence-electron chi connectivity index (χ1n) is 7.81. The maximum absolute atomic E-state index is 5.83. The second-order valence-electron chi connectivity index (χ2n) is 5.89. The number of anilines is 1. The summed E-state index contributed by atoms with van der Waals surface area (Å²) in [4.78, 5) is 2.05. The molecule has 4 rings (SSSR count). The molecule has 24 heavy (non-hydrogen) atoms. The average molecular weight is 315 g/mol. The van der Waals surface area contributed by atoms with E-state index < -0.39 is 0 Å². The summed E-state index contributed by atoms with van der Waals surface area (Å²) in [5.74, 6) is 0. The number of fused-ring (bicyclic) bond motifs is 3. The summed E-state index contributed by atoms with van der Waals surface area (Å²) >= 11 is 0. The van der Waals surface area contributed by atoms with Crippen molar-refractivity contribution < 1.29 is 4.42 Å². The average Bonchev–Trinajstić information content (AvgIpc) is 2.98. The lowest BCUT2D eigenvalue weighted by Crippen LogP contribution is -2.07. The number of para-hydroxylation sites is 1. The summed E-state index contributed by atoms with van der Waals surface area (Å²) in [7, 11) is 4.03. The van der Waals surface area contributed by atoms with Gasteiger partial charge in [-0.3, -0.25) is 0 Å². The molecule has 3 aromatic carbocycles. The van der Waals surface area contributed by atoms with Gasteiger partial charge in [0.1, 0.15) is 11.2 Å². The molecule has 0 bridgehead atoms. The van der Waals surface area contributed by atoms with Crippen LogP contribution in [0.3, 0.4) is 0 Å². The molecule has 1 aromatic heterocycles. The quantitative estimate of drug-likeness (QED) is 0.431. The second-order valence-corrected chi connectivity index (χ2v) is 5.89. The van der Waals surface area contributed by atoms with E-state index in [4.69, 9.17) is 4.42 Å². The van der Waals surface area contributed by atoms with Crippen LogP contribution in [-0.4, -0.2) is 14.1 Å². The third kappa shape index (κ3) is 2.63. The van der Waals surface area contributed by atoms with Crippen LogP contribution in [0.4, 0.5) is 17.1 Å². The molecule has 0 amide bonds. The molecule has 0 saturated heterocycles. The van der Waals surface area contributed by atoms with Gasteiger partial charge in [-0.1, -0.05) is 18.2 Å². The zero-order chi connectivity index (χ0) is 16.5. The lowest BCUT2D eigenvalue weighted by molar-refractivity contribution is 0.669. The minimum atomic E-state index is 0.811. The summed E-state index contributed by atoms with van der Waals surface area (Å²) in [6.45, 7) is 0. The number of benzene rings is 3. The fourth-order valence-electron chi connectivity index (χ4n) is 2.71. The van der Waals surface area contributed by atoms with Crippen molar-refractivity contribution in [3.05, 3.63) is 66.7 Å². The van der Waals surface area contributed by atoms with E-state index in [0.717, 1.165) is 39.0 Å². The monoisotopic (exact) mass is 315 g/mol. The number of furan rings is 1. The zero-order valence-corrected chi connectivity index (χ0v) is 13.6. The molecule has 0 unspecified atom stereocenters. The predicted molar refractivity (Wildman–Crippen MR) is 98.7 cm³/mol. The van der Waals surface area contributed by atoms with E-state index in [0.29, 0.717) is 0 Å². The zero-order valence-electron chi connectivity index (χ0n) is 13.6. The van der Waals surface area contributed by atoms with E-state index in [9.17, 15) is 0 Å². The van der Waals surface area contributed by atoms with Gasteiger partial charge in [-0.15, -0.1) is 0 Å². The van der Waals surface area contributed by atoms with Crippen LogP contribution in [0.15, 0.2) is 81.4 Å². The van der Waals surface area contributed by atoms with Crippen molar-refractivity contribution in [2.45, 2.75) is 0 Å². The molecule has 4 aromatic rings. The highest BCUT2D eigenvalue weighted by Gasteiger charge is 2.06. The lowest BCUT2D eigenvalue weighted by Gasteiger charge is -2.11. The van der Waals surface area contributed by atoms with Crippen LogP contribution < -0.4 is 4.90 Å². The van der Waals surface area contributed by atoms with Crippen molar-refractivity contribution >= 4 is 39.0 Å². The molecule has 0 aliphatic rings. The van der Waals surface area contributed by atoms with Crippen molar-refractivity contribution in [3.63, 3.8) is 0 Å². The van der Waals surface area contributed by atoms with Gasteiger partial charge in [-0.25, -0.2) is 0 Å². The van der Waals surface area contributed by atoms with Crippen LogP contribution >= 0.6 is 0 Å². The summed E-state index contributed by atoms with van der Waals surface area (Å²) in [6, 6.07) is 21.9. The lowest BCUT2D eigenvalue weighted by atomic mass is 10.1. The van der Waals surface area contributed by atoms with Crippen molar-refractivity contribution in [2.75, 3.05) is 19.0 Å². The molecular formula is C20H17N3O. The molecule has 0 saturated carbocycles. The molecule has 4 heteroatoms. The van der Waals surface area contributed by atoms with E-state index in [1.807, 2.05) is 74.8 Å². The first-order chi connectivity index (χ1) is 11.7. The number of hydrogen-bond acceptors (Lipinski definition) is 4. The number of hydrogen-bond donors (Lipinski definition) is 0. The molecule has 118 valence electrons. The Morgan fingerprint density at radius 1 is 0.708 bits per heavy atom. The van der Waals surface area contributed by atoms with E-state index >= 15 is 0 Å². The van der Waals surface area contributed by atoms with E-state index in [-0.39, 0.29) is 0 Å². The summed E-state index contributed by atoms with van der Waals surface area (Å²) in [5, 5.41) is 10.8. The Balaban J connectivity index is 1.67. The predicted octanol–water partition coefficient (Wildman–Crippen LogP) is 6.07. The van der Waals surface area contributed by atoms with Crippen LogP contribution in [-0.2, 0) is 0 Å². The Labute approximate surface area is 140 Å². The third-order valence-electron chi connectivity index (χ3n) is 4.01. The van der Waals surface area contributed by atoms with Crippen molar-refractivity contribution in [1.82, 2.24) is 0 Å². The topological polar surface area (TPSA) is 41.1 Å². The van der Waals surface area contributed by atoms with E-state index in [1.54, 1.807) is 0 Å². The molecule has 0 fully saturated rings. The second kappa shape index (κ2) is 5.81. The van der Waals surface area contributed by atoms with Crippen LogP contribution in [0.5, 0.6) is 0 Å². The third-order valence-corrected chi connectivity index (χ3v) is 4.01. The first kappa shape index (κ1) is 14.5. The van der Waals surface area contributed by atoms with Crippen LogP contribution in [0.25, 0.3) is 21.9 Å². The highest BCUT2D eigenvalue weighted by molar-refractivity contribution is 6.05. The van der Waals surface area contributed by atoms with Gasteiger partial charge in [0.2, 0.25) is 0 Å². The Kier molecular flexibility index (Phi) is 3.50.